The number of hydrogen-bond acceptors (Lipinski definition) is 6. The summed E-state index contributed by atoms with van der Waals surface area (Å²) in [5.74, 6) is 5.33. The van der Waals surface area contributed by atoms with Gasteiger partial charge < -0.3 is 11.1 Å². The lowest BCUT2D eigenvalue weighted by atomic mass is 10.2. The monoisotopic (exact) mass is 501 g/mol. The first kappa shape index (κ1) is 28.4. The van der Waals surface area contributed by atoms with Crippen LogP contribution in [0.3, 0.4) is 0 Å². The van der Waals surface area contributed by atoms with Gasteiger partial charge in [-0.05, 0) is 29.3 Å². The smallest absolute Gasteiger partial charge is 0.172 e. The van der Waals surface area contributed by atoms with Crippen LogP contribution in [0.2, 0.25) is 0 Å². The highest BCUT2D eigenvalue weighted by Crippen LogP contribution is 2.25. The summed E-state index contributed by atoms with van der Waals surface area (Å²) in [5, 5.41) is 16.6. The number of nitrogens with one attached hydrogen (secondary N) is 2. The normalized spacial score (nSPS) is 9.44. The van der Waals surface area contributed by atoms with Crippen LogP contribution in [0.25, 0.3) is 0 Å². The van der Waals surface area contributed by atoms with Gasteiger partial charge in [-0.25, -0.2) is 9.07 Å². The van der Waals surface area contributed by atoms with Crippen molar-refractivity contribution in [2.45, 2.75) is 13.1 Å². The van der Waals surface area contributed by atoms with E-state index in [-0.39, 0.29) is 42.0 Å². The molecule has 1 heterocycles. The summed E-state index contributed by atoms with van der Waals surface area (Å²) in [4.78, 5) is 0. The molecule has 34 heavy (non-hydrogen) atoms. The molecule has 0 aliphatic rings. The highest BCUT2D eigenvalue weighted by molar-refractivity contribution is 5.85. The van der Waals surface area contributed by atoms with Crippen molar-refractivity contribution in [3.05, 3.63) is 107 Å². The zero-order chi connectivity index (χ0) is 22.8. The lowest BCUT2D eigenvalue weighted by Crippen LogP contribution is -2.20. The number of nitriles is 1. The summed E-state index contributed by atoms with van der Waals surface area (Å²) in [5.41, 5.74) is 11.6. The van der Waals surface area contributed by atoms with E-state index in [4.69, 9.17) is 11.6 Å². The van der Waals surface area contributed by atoms with Crippen LogP contribution in [-0.4, -0.2) is 9.78 Å². The van der Waals surface area contributed by atoms with Crippen LogP contribution in [0.1, 0.15) is 16.7 Å². The van der Waals surface area contributed by atoms with Gasteiger partial charge in [0.25, 0.3) is 0 Å². The molecule has 3 aromatic carbocycles. The number of rotatable bonds is 6. The number of anilines is 3. The molecule has 6 N–H and O–H groups in total. The van der Waals surface area contributed by atoms with E-state index in [1.165, 1.54) is 17.7 Å². The third-order valence-electron chi connectivity index (χ3n) is 4.52. The fourth-order valence-electron chi connectivity index (χ4n) is 2.97. The van der Waals surface area contributed by atoms with E-state index >= 15 is 0 Å². The summed E-state index contributed by atoms with van der Waals surface area (Å²) >= 11 is 0. The molecule has 10 heteroatoms. The van der Waals surface area contributed by atoms with Crippen molar-refractivity contribution >= 4 is 42.1 Å². The Hall–Kier alpha value is -3.61. The van der Waals surface area contributed by atoms with Gasteiger partial charge in [-0.1, -0.05) is 66.7 Å². The standard InChI is InChI=1S/C17H14FN5.C7H10N2.2ClH/c18-13-7-4-8-14(9-13)21-17-15(10-19)16(20)23(22-17)11-12-5-2-1-3-6-12;8-9-6-7-4-2-1-3-5-7;;/h1-9H,11,20H2,(H,21,22);1-5,9H,6,8H2;2*1H. The number of hydrazine groups is 1. The molecule has 0 spiro atoms. The predicted octanol–water partition coefficient (Wildman–Crippen LogP) is 4.76. The topological polar surface area (TPSA) is 118 Å². The summed E-state index contributed by atoms with van der Waals surface area (Å²) in [6.07, 6.45) is 0. The second kappa shape index (κ2) is 14.5. The second-order valence-corrected chi connectivity index (χ2v) is 6.87. The molecule has 4 rings (SSSR count). The van der Waals surface area contributed by atoms with Crippen molar-refractivity contribution in [3.8, 4) is 6.07 Å². The zero-order valence-corrected chi connectivity index (χ0v) is 19.8. The molecule has 0 amide bonds. The van der Waals surface area contributed by atoms with E-state index in [0.717, 1.165) is 12.1 Å². The molecular formula is C24H26Cl2FN7. The van der Waals surface area contributed by atoms with E-state index < -0.39 is 0 Å². The lowest BCUT2D eigenvalue weighted by molar-refractivity contribution is 0.628. The van der Waals surface area contributed by atoms with Gasteiger partial charge in [0.1, 0.15) is 23.3 Å². The Bertz CT molecular complexity index is 1180. The largest absolute Gasteiger partial charge is 0.383 e. The summed E-state index contributed by atoms with van der Waals surface area (Å²) < 4.78 is 14.8. The molecule has 4 aromatic rings. The van der Waals surface area contributed by atoms with Crippen LogP contribution in [0.4, 0.5) is 21.7 Å². The fraction of sp³-hybridized carbons (Fsp3) is 0.0833. The Morgan fingerprint density at radius 2 is 1.53 bits per heavy atom. The maximum atomic E-state index is 13.3. The summed E-state index contributed by atoms with van der Waals surface area (Å²) in [7, 11) is 0. The van der Waals surface area contributed by atoms with Crippen LogP contribution in [-0.2, 0) is 13.1 Å². The highest BCUT2D eigenvalue weighted by Gasteiger charge is 2.16. The Morgan fingerprint density at radius 1 is 0.912 bits per heavy atom. The Morgan fingerprint density at radius 3 is 2.09 bits per heavy atom. The zero-order valence-electron chi connectivity index (χ0n) is 18.2. The van der Waals surface area contributed by atoms with Crippen molar-refractivity contribution in [1.82, 2.24) is 15.2 Å². The molecule has 0 aliphatic heterocycles. The van der Waals surface area contributed by atoms with Crippen molar-refractivity contribution in [1.29, 1.82) is 5.26 Å². The second-order valence-electron chi connectivity index (χ2n) is 6.87. The molecule has 0 saturated carbocycles. The van der Waals surface area contributed by atoms with E-state index in [9.17, 15) is 9.65 Å². The van der Waals surface area contributed by atoms with E-state index in [0.29, 0.717) is 18.1 Å². The van der Waals surface area contributed by atoms with Gasteiger partial charge in [0.2, 0.25) is 0 Å². The number of halogens is 3. The quantitative estimate of drug-likeness (QED) is 0.223. The van der Waals surface area contributed by atoms with Crippen molar-refractivity contribution in [2.75, 3.05) is 11.1 Å². The number of aromatic nitrogens is 2. The minimum absolute atomic E-state index is 0. The SMILES string of the molecule is Cl.Cl.N#Cc1c(Nc2cccc(F)c2)nn(Cc2ccccc2)c1N.NNCc1ccccc1. The number of nitrogen functional groups attached to an aromatic ring is 1. The first-order valence-electron chi connectivity index (χ1n) is 9.91. The van der Waals surface area contributed by atoms with Gasteiger partial charge in [-0.15, -0.1) is 24.8 Å². The Kier molecular flexibility index (Phi) is 12.1. The van der Waals surface area contributed by atoms with Gasteiger partial charge in [0.15, 0.2) is 5.82 Å². The molecule has 7 nitrogen and oxygen atoms in total. The summed E-state index contributed by atoms with van der Waals surface area (Å²) in [6.45, 7) is 1.19. The van der Waals surface area contributed by atoms with Crippen LogP contribution in [0.5, 0.6) is 0 Å². The highest BCUT2D eigenvalue weighted by atomic mass is 35.5. The number of benzene rings is 3. The molecule has 0 radical (unpaired) electrons. The average Bonchev–Trinajstić information content (AvgIpc) is 3.09. The van der Waals surface area contributed by atoms with Gasteiger partial charge in [-0.3, -0.25) is 11.3 Å². The van der Waals surface area contributed by atoms with E-state index in [1.54, 1.807) is 16.8 Å². The van der Waals surface area contributed by atoms with Crippen LogP contribution >= 0.6 is 24.8 Å². The minimum atomic E-state index is -0.370. The molecule has 0 bridgehead atoms. The van der Waals surface area contributed by atoms with Crippen molar-refractivity contribution in [2.24, 2.45) is 5.84 Å². The molecule has 0 saturated heterocycles. The number of nitrogens with zero attached hydrogens (tertiary/aromatic N) is 3. The molecular weight excluding hydrogens is 476 g/mol. The van der Waals surface area contributed by atoms with E-state index in [1.807, 2.05) is 66.7 Å². The van der Waals surface area contributed by atoms with Gasteiger partial charge in [0.05, 0.1) is 6.54 Å². The van der Waals surface area contributed by atoms with Crippen LogP contribution in [0.15, 0.2) is 84.9 Å². The molecule has 0 atom stereocenters. The minimum Gasteiger partial charge on any atom is -0.383 e. The maximum absolute atomic E-state index is 13.3. The molecule has 0 unspecified atom stereocenters. The molecule has 0 aliphatic carbocycles. The first-order valence-corrected chi connectivity index (χ1v) is 9.91. The summed E-state index contributed by atoms with van der Waals surface area (Å²) in [6, 6.07) is 27.7. The third kappa shape index (κ3) is 8.06. The molecule has 0 fully saturated rings. The third-order valence-corrected chi connectivity index (χ3v) is 4.52. The number of nitrogens with two attached hydrogens (primary N) is 2. The van der Waals surface area contributed by atoms with Crippen molar-refractivity contribution in [3.63, 3.8) is 0 Å². The maximum Gasteiger partial charge on any atom is 0.172 e. The Balaban J connectivity index is 0.000000448. The van der Waals surface area contributed by atoms with Gasteiger partial charge in [-0.2, -0.15) is 10.4 Å². The number of hydrogen-bond donors (Lipinski definition) is 4. The lowest BCUT2D eigenvalue weighted by Gasteiger charge is -2.04. The molecule has 178 valence electrons. The van der Waals surface area contributed by atoms with Crippen LogP contribution in [0, 0.1) is 17.1 Å². The fourth-order valence-corrected chi connectivity index (χ4v) is 2.97. The van der Waals surface area contributed by atoms with Crippen molar-refractivity contribution < 1.29 is 4.39 Å². The Labute approximate surface area is 210 Å². The molecule has 1 aromatic heterocycles. The average molecular weight is 502 g/mol. The first-order chi connectivity index (χ1) is 15.6. The predicted molar refractivity (Wildman–Crippen MR) is 139 cm³/mol. The van der Waals surface area contributed by atoms with Gasteiger partial charge in [0, 0.05) is 12.2 Å². The van der Waals surface area contributed by atoms with Gasteiger partial charge >= 0.3 is 0 Å². The van der Waals surface area contributed by atoms with E-state index in [2.05, 4.69) is 15.8 Å². The van der Waals surface area contributed by atoms with Crippen LogP contribution < -0.4 is 22.3 Å².